The van der Waals surface area contributed by atoms with E-state index in [0.29, 0.717) is 31.7 Å². The van der Waals surface area contributed by atoms with Crippen molar-refractivity contribution in [1.82, 2.24) is 14.9 Å². The van der Waals surface area contributed by atoms with Crippen molar-refractivity contribution < 1.29 is 9.18 Å². The van der Waals surface area contributed by atoms with Gasteiger partial charge in [0.25, 0.3) is 5.91 Å². The van der Waals surface area contributed by atoms with Crippen LogP contribution in [0.4, 0.5) is 16.0 Å². The number of benzene rings is 1. The average Bonchev–Trinajstić information content (AvgIpc) is 3.22. The van der Waals surface area contributed by atoms with E-state index in [9.17, 15) is 9.18 Å². The number of hydrogen-bond acceptors (Lipinski definition) is 5. The summed E-state index contributed by atoms with van der Waals surface area (Å²) in [6.07, 6.45) is 2.42. The van der Waals surface area contributed by atoms with Crippen molar-refractivity contribution in [2.24, 2.45) is 0 Å². The second-order valence-corrected chi connectivity index (χ2v) is 7.12. The smallest absolute Gasteiger partial charge is 0.254 e. The first-order valence-corrected chi connectivity index (χ1v) is 9.50. The van der Waals surface area contributed by atoms with Gasteiger partial charge in [-0.25, -0.2) is 14.4 Å². The molecular weight excluding hydrogens is 345 g/mol. The minimum Gasteiger partial charge on any atom is -0.356 e. The van der Waals surface area contributed by atoms with E-state index in [1.54, 1.807) is 17.0 Å². The van der Waals surface area contributed by atoms with Gasteiger partial charge in [0, 0.05) is 50.9 Å². The van der Waals surface area contributed by atoms with Crippen LogP contribution < -0.4 is 9.80 Å². The molecule has 0 radical (unpaired) electrons. The molecule has 1 aromatic carbocycles. The fourth-order valence-corrected chi connectivity index (χ4v) is 3.75. The number of hydrogen-bond donors (Lipinski definition) is 0. The summed E-state index contributed by atoms with van der Waals surface area (Å²) in [6, 6.07) is 7.94. The summed E-state index contributed by atoms with van der Waals surface area (Å²) < 4.78 is 13.4. The number of rotatable bonds is 3. The first kappa shape index (κ1) is 17.7. The maximum atomic E-state index is 13.4. The molecule has 2 aromatic rings. The molecule has 3 heterocycles. The van der Waals surface area contributed by atoms with Gasteiger partial charge in [-0.15, -0.1) is 0 Å². The second kappa shape index (κ2) is 7.50. The fourth-order valence-electron chi connectivity index (χ4n) is 3.75. The van der Waals surface area contributed by atoms with Crippen molar-refractivity contribution in [1.29, 1.82) is 0 Å². The summed E-state index contributed by atoms with van der Waals surface area (Å²) >= 11 is 0. The molecule has 0 aliphatic carbocycles. The molecule has 27 heavy (non-hydrogen) atoms. The molecule has 142 valence electrons. The Balaban J connectivity index is 1.44. The second-order valence-electron chi connectivity index (χ2n) is 7.12. The minimum atomic E-state index is -0.384. The molecule has 2 aliphatic heterocycles. The van der Waals surface area contributed by atoms with Crippen LogP contribution in [0.15, 0.2) is 30.3 Å². The van der Waals surface area contributed by atoms with Crippen molar-refractivity contribution in [3.8, 4) is 0 Å². The number of piperazine rings is 1. The van der Waals surface area contributed by atoms with Crippen LogP contribution in [0.25, 0.3) is 0 Å². The van der Waals surface area contributed by atoms with E-state index in [2.05, 4.69) is 25.8 Å². The van der Waals surface area contributed by atoms with Gasteiger partial charge >= 0.3 is 0 Å². The van der Waals surface area contributed by atoms with E-state index in [1.165, 1.54) is 25.0 Å². The van der Waals surface area contributed by atoms with Crippen LogP contribution in [0.2, 0.25) is 0 Å². The normalized spacial score (nSPS) is 17.5. The lowest BCUT2D eigenvalue weighted by atomic mass is 10.1. The number of halogens is 1. The molecule has 4 rings (SSSR count). The van der Waals surface area contributed by atoms with E-state index in [-0.39, 0.29) is 11.7 Å². The van der Waals surface area contributed by atoms with Crippen LogP contribution in [0, 0.1) is 12.7 Å². The predicted octanol–water partition coefficient (Wildman–Crippen LogP) is 2.49. The molecule has 0 bridgehead atoms. The molecule has 2 fully saturated rings. The summed E-state index contributed by atoms with van der Waals surface area (Å²) in [6.45, 7) is 6.62. The summed E-state index contributed by atoms with van der Waals surface area (Å²) in [5.74, 6) is 2.18. The molecule has 0 atom stereocenters. The molecule has 6 nitrogen and oxygen atoms in total. The van der Waals surface area contributed by atoms with Crippen LogP contribution >= 0.6 is 0 Å². The average molecular weight is 369 g/mol. The Hall–Kier alpha value is -2.70. The van der Waals surface area contributed by atoms with E-state index in [4.69, 9.17) is 0 Å². The number of aromatic nitrogens is 2. The van der Waals surface area contributed by atoms with Gasteiger partial charge < -0.3 is 14.7 Å². The summed E-state index contributed by atoms with van der Waals surface area (Å²) in [4.78, 5) is 28.1. The van der Waals surface area contributed by atoms with Gasteiger partial charge in [0.2, 0.25) is 0 Å². The van der Waals surface area contributed by atoms with Gasteiger partial charge in [0.15, 0.2) is 0 Å². The van der Waals surface area contributed by atoms with Crippen molar-refractivity contribution in [3.63, 3.8) is 0 Å². The van der Waals surface area contributed by atoms with Crippen LogP contribution in [-0.4, -0.2) is 60.0 Å². The third kappa shape index (κ3) is 3.86. The van der Waals surface area contributed by atoms with Gasteiger partial charge in [-0.3, -0.25) is 4.79 Å². The molecule has 1 amide bonds. The van der Waals surface area contributed by atoms with E-state index < -0.39 is 0 Å². The standard InChI is InChI=1S/C20H24FN5O/c1-15-22-18(24-7-2-3-8-24)14-19(23-15)25-9-11-26(12-10-25)20(27)16-5-4-6-17(21)13-16/h4-6,13-14H,2-3,7-12H2,1H3. The summed E-state index contributed by atoms with van der Waals surface area (Å²) in [7, 11) is 0. The van der Waals surface area contributed by atoms with Crippen LogP contribution in [0.5, 0.6) is 0 Å². The lowest BCUT2D eigenvalue weighted by molar-refractivity contribution is 0.0746. The zero-order chi connectivity index (χ0) is 18.8. The Bertz CT molecular complexity index is 829. The molecule has 0 unspecified atom stereocenters. The summed E-state index contributed by atoms with van der Waals surface area (Å²) in [5.41, 5.74) is 0.401. The van der Waals surface area contributed by atoms with E-state index in [0.717, 1.165) is 30.5 Å². The Morgan fingerprint density at radius 1 is 0.926 bits per heavy atom. The highest BCUT2D eigenvalue weighted by Crippen LogP contribution is 2.23. The monoisotopic (exact) mass is 369 g/mol. The summed E-state index contributed by atoms with van der Waals surface area (Å²) in [5, 5.41) is 0. The topological polar surface area (TPSA) is 52.6 Å². The van der Waals surface area contributed by atoms with Gasteiger partial charge in [0.1, 0.15) is 23.3 Å². The van der Waals surface area contributed by atoms with Crippen molar-refractivity contribution in [2.45, 2.75) is 19.8 Å². The largest absolute Gasteiger partial charge is 0.356 e. The van der Waals surface area contributed by atoms with Crippen molar-refractivity contribution in [2.75, 3.05) is 49.1 Å². The fraction of sp³-hybridized carbons (Fsp3) is 0.450. The number of anilines is 2. The predicted molar refractivity (Wildman–Crippen MR) is 103 cm³/mol. The zero-order valence-corrected chi connectivity index (χ0v) is 15.6. The molecule has 0 N–H and O–H groups in total. The highest BCUT2D eigenvalue weighted by atomic mass is 19.1. The molecule has 2 aliphatic rings. The SMILES string of the molecule is Cc1nc(N2CCCC2)cc(N2CCN(C(=O)c3cccc(F)c3)CC2)n1. The van der Waals surface area contributed by atoms with Crippen LogP contribution in [0.3, 0.4) is 0 Å². The van der Waals surface area contributed by atoms with Crippen LogP contribution in [-0.2, 0) is 0 Å². The third-order valence-corrected chi connectivity index (χ3v) is 5.20. The number of carbonyl (C=O) groups is 1. The molecular formula is C20H24FN5O. The van der Waals surface area contributed by atoms with Crippen molar-refractivity contribution >= 4 is 17.5 Å². The Kier molecular flexibility index (Phi) is 4.92. The zero-order valence-electron chi connectivity index (χ0n) is 15.6. The number of aryl methyl sites for hydroxylation is 1. The Morgan fingerprint density at radius 2 is 1.56 bits per heavy atom. The number of carbonyl (C=O) groups excluding carboxylic acids is 1. The number of amides is 1. The molecule has 7 heteroatoms. The lowest BCUT2D eigenvalue weighted by Crippen LogP contribution is -2.49. The first-order valence-electron chi connectivity index (χ1n) is 9.50. The highest BCUT2D eigenvalue weighted by molar-refractivity contribution is 5.94. The highest BCUT2D eigenvalue weighted by Gasteiger charge is 2.24. The van der Waals surface area contributed by atoms with Gasteiger partial charge in [0.05, 0.1) is 0 Å². The molecule has 0 spiro atoms. The third-order valence-electron chi connectivity index (χ3n) is 5.20. The maximum Gasteiger partial charge on any atom is 0.254 e. The maximum absolute atomic E-state index is 13.4. The van der Waals surface area contributed by atoms with E-state index in [1.807, 2.05) is 6.92 Å². The van der Waals surface area contributed by atoms with Gasteiger partial charge in [-0.05, 0) is 38.0 Å². The molecule has 2 saturated heterocycles. The lowest BCUT2D eigenvalue weighted by Gasteiger charge is -2.35. The Labute approximate surface area is 158 Å². The Morgan fingerprint density at radius 3 is 2.19 bits per heavy atom. The minimum absolute atomic E-state index is 0.120. The van der Waals surface area contributed by atoms with Gasteiger partial charge in [-0.2, -0.15) is 0 Å². The molecule has 0 saturated carbocycles. The molecule has 1 aromatic heterocycles. The van der Waals surface area contributed by atoms with Crippen LogP contribution in [0.1, 0.15) is 29.0 Å². The van der Waals surface area contributed by atoms with Crippen molar-refractivity contribution in [3.05, 3.63) is 47.5 Å². The number of nitrogens with zero attached hydrogens (tertiary/aromatic N) is 5. The first-order chi connectivity index (χ1) is 13.1. The van der Waals surface area contributed by atoms with E-state index >= 15 is 0 Å². The van der Waals surface area contributed by atoms with Gasteiger partial charge in [-0.1, -0.05) is 6.07 Å². The quantitative estimate of drug-likeness (QED) is 0.832.